The van der Waals surface area contributed by atoms with Crippen molar-refractivity contribution in [3.05, 3.63) is 53.6 Å². The molecule has 0 bridgehead atoms. The molecule has 0 aliphatic carbocycles. The van der Waals surface area contributed by atoms with E-state index < -0.39 is 5.91 Å². The zero-order valence-corrected chi connectivity index (χ0v) is 13.7. The monoisotopic (exact) mass is 328 g/mol. The first-order valence-corrected chi connectivity index (χ1v) is 7.58. The van der Waals surface area contributed by atoms with Gasteiger partial charge in [-0.3, -0.25) is 4.79 Å². The molecule has 6 heteroatoms. The van der Waals surface area contributed by atoms with Gasteiger partial charge in [0.2, 0.25) is 0 Å². The minimum atomic E-state index is -0.486. The van der Waals surface area contributed by atoms with Gasteiger partial charge in [0.05, 0.1) is 25.5 Å². The van der Waals surface area contributed by atoms with Crippen LogP contribution in [0.25, 0.3) is 0 Å². The van der Waals surface area contributed by atoms with E-state index in [-0.39, 0.29) is 11.3 Å². The lowest BCUT2D eigenvalue weighted by Crippen LogP contribution is -2.17. The van der Waals surface area contributed by atoms with E-state index >= 15 is 0 Å². The number of hydrogen-bond donors (Lipinski definition) is 2. The molecule has 0 atom stereocenters. The molecule has 2 N–H and O–H groups in total. The van der Waals surface area contributed by atoms with Gasteiger partial charge in [0.25, 0.3) is 5.91 Å². The van der Waals surface area contributed by atoms with E-state index in [4.69, 9.17) is 9.47 Å². The molecular formula is C18H20N2O4. The van der Waals surface area contributed by atoms with Crippen molar-refractivity contribution in [1.29, 1.82) is 0 Å². The van der Waals surface area contributed by atoms with Crippen molar-refractivity contribution in [2.75, 3.05) is 13.7 Å². The smallest absolute Gasteiger partial charge is 0.275 e. The van der Waals surface area contributed by atoms with Gasteiger partial charge in [-0.05, 0) is 42.3 Å². The number of amides is 1. The van der Waals surface area contributed by atoms with E-state index in [0.717, 1.165) is 12.0 Å². The Labute approximate surface area is 140 Å². The van der Waals surface area contributed by atoms with Gasteiger partial charge in [-0.15, -0.1) is 0 Å². The van der Waals surface area contributed by atoms with Crippen LogP contribution in [0.2, 0.25) is 0 Å². The van der Waals surface area contributed by atoms with Crippen molar-refractivity contribution in [3.8, 4) is 17.2 Å². The first-order chi connectivity index (χ1) is 11.7. The summed E-state index contributed by atoms with van der Waals surface area (Å²) in [4.78, 5) is 11.9. The second kappa shape index (κ2) is 8.57. The van der Waals surface area contributed by atoms with Crippen LogP contribution in [0.15, 0.2) is 47.6 Å². The fourth-order valence-corrected chi connectivity index (χ4v) is 1.99. The molecule has 2 aromatic carbocycles. The maximum absolute atomic E-state index is 11.9. The highest BCUT2D eigenvalue weighted by atomic mass is 16.5. The van der Waals surface area contributed by atoms with Crippen LogP contribution in [0.4, 0.5) is 0 Å². The van der Waals surface area contributed by atoms with Crippen molar-refractivity contribution in [2.24, 2.45) is 5.10 Å². The number of phenolic OH excluding ortho intramolecular Hbond substituents is 1. The van der Waals surface area contributed by atoms with E-state index in [9.17, 15) is 9.90 Å². The topological polar surface area (TPSA) is 80.2 Å². The minimum Gasteiger partial charge on any atom is -0.507 e. The van der Waals surface area contributed by atoms with Crippen LogP contribution >= 0.6 is 0 Å². The second-order valence-corrected chi connectivity index (χ2v) is 4.98. The molecule has 6 nitrogen and oxygen atoms in total. The molecule has 0 heterocycles. The van der Waals surface area contributed by atoms with Gasteiger partial charge >= 0.3 is 0 Å². The summed E-state index contributed by atoms with van der Waals surface area (Å²) in [5.74, 6) is 0.680. The van der Waals surface area contributed by atoms with Gasteiger partial charge in [0.15, 0.2) is 11.5 Å². The minimum absolute atomic E-state index is 0.0927. The standard InChI is InChI=1S/C18H20N2O4/c1-3-10-24-17-11-13(8-9-16(17)23-2)12-19-20-18(22)14-6-4-5-7-15(14)21/h4-9,11-12,21H,3,10H2,1-2H3,(H,20,22)/b19-12-. The average Bonchev–Trinajstić information content (AvgIpc) is 2.60. The first kappa shape index (κ1) is 17.3. The summed E-state index contributed by atoms with van der Waals surface area (Å²) < 4.78 is 10.9. The van der Waals surface area contributed by atoms with E-state index in [1.165, 1.54) is 18.3 Å². The largest absolute Gasteiger partial charge is 0.507 e. The summed E-state index contributed by atoms with van der Waals surface area (Å²) in [6.45, 7) is 2.60. The molecular weight excluding hydrogens is 308 g/mol. The third-order valence-corrected chi connectivity index (χ3v) is 3.18. The fraction of sp³-hybridized carbons (Fsp3) is 0.222. The van der Waals surface area contributed by atoms with Crippen LogP contribution in [-0.2, 0) is 0 Å². The van der Waals surface area contributed by atoms with Gasteiger partial charge in [0.1, 0.15) is 5.75 Å². The Morgan fingerprint density at radius 3 is 2.75 bits per heavy atom. The Hall–Kier alpha value is -3.02. The van der Waals surface area contributed by atoms with E-state index in [1.54, 1.807) is 37.4 Å². The molecule has 0 fully saturated rings. The molecule has 0 aliphatic rings. The Balaban J connectivity index is 2.06. The van der Waals surface area contributed by atoms with Crippen LogP contribution in [0, 0.1) is 0 Å². The summed E-state index contributed by atoms with van der Waals surface area (Å²) >= 11 is 0. The number of para-hydroxylation sites is 1. The lowest BCUT2D eigenvalue weighted by atomic mass is 10.2. The van der Waals surface area contributed by atoms with Crippen LogP contribution < -0.4 is 14.9 Å². The molecule has 0 unspecified atom stereocenters. The predicted octanol–water partition coefficient (Wildman–Crippen LogP) is 2.95. The highest BCUT2D eigenvalue weighted by molar-refractivity contribution is 5.97. The molecule has 126 valence electrons. The number of phenols is 1. The van der Waals surface area contributed by atoms with Crippen molar-refractivity contribution >= 4 is 12.1 Å². The number of hydrazone groups is 1. The molecule has 0 saturated heterocycles. The van der Waals surface area contributed by atoms with Crippen LogP contribution in [0.3, 0.4) is 0 Å². The van der Waals surface area contributed by atoms with Gasteiger partial charge in [-0.2, -0.15) is 5.10 Å². The van der Waals surface area contributed by atoms with Gasteiger partial charge in [-0.25, -0.2) is 5.43 Å². The van der Waals surface area contributed by atoms with Gasteiger partial charge in [-0.1, -0.05) is 19.1 Å². The van der Waals surface area contributed by atoms with Crippen molar-refractivity contribution in [1.82, 2.24) is 5.43 Å². The highest BCUT2D eigenvalue weighted by Gasteiger charge is 2.09. The lowest BCUT2D eigenvalue weighted by molar-refractivity contribution is 0.0952. The van der Waals surface area contributed by atoms with Crippen LogP contribution in [0.5, 0.6) is 17.2 Å². The lowest BCUT2D eigenvalue weighted by Gasteiger charge is -2.10. The Kier molecular flexibility index (Phi) is 6.19. The predicted molar refractivity (Wildman–Crippen MR) is 91.9 cm³/mol. The number of methoxy groups -OCH3 is 1. The number of ether oxygens (including phenoxy) is 2. The number of carbonyl (C=O) groups excluding carboxylic acids is 1. The zero-order chi connectivity index (χ0) is 17.4. The molecule has 2 aromatic rings. The third-order valence-electron chi connectivity index (χ3n) is 3.18. The summed E-state index contributed by atoms with van der Waals surface area (Å²) in [7, 11) is 1.58. The summed E-state index contributed by atoms with van der Waals surface area (Å²) in [6.07, 6.45) is 2.38. The number of carbonyl (C=O) groups is 1. The molecule has 1 amide bonds. The Morgan fingerprint density at radius 1 is 1.25 bits per heavy atom. The average molecular weight is 328 g/mol. The quantitative estimate of drug-likeness (QED) is 0.605. The maximum Gasteiger partial charge on any atom is 0.275 e. The Bertz CT molecular complexity index is 729. The zero-order valence-electron chi connectivity index (χ0n) is 13.7. The summed E-state index contributed by atoms with van der Waals surface area (Å²) in [5.41, 5.74) is 3.29. The van der Waals surface area contributed by atoms with E-state index in [0.29, 0.717) is 18.1 Å². The summed E-state index contributed by atoms with van der Waals surface area (Å²) in [5, 5.41) is 13.5. The van der Waals surface area contributed by atoms with E-state index in [1.807, 2.05) is 6.92 Å². The number of aromatic hydroxyl groups is 1. The fourth-order valence-electron chi connectivity index (χ4n) is 1.99. The number of rotatable bonds is 7. The second-order valence-electron chi connectivity index (χ2n) is 4.98. The van der Waals surface area contributed by atoms with Crippen LogP contribution in [0.1, 0.15) is 29.3 Å². The molecule has 0 saturated carbocycles. The number of nitrogens with one attached hydrogen (secondary N) is 1. The van der Waals surface area contributed by atoms with Gasteiger partial charge in [0, 0.05) is 0 Å². The third kappa shape index (κ3) is 4.49. The highest BCUT2D eigenvalue weighted by Crippen LogP contribution is 2.27. The number of nitrogens with zero attached hydrogens (tertiary/aromatic N) is 1. The first-order valence-electron chi connectivity index (χ1n) is 7.58. The van der Waals surface area contributed by atoms with E-state index in [2.05, 4.69) is 10.5 Å². The molecule has 0 aliphatic heterocycles. The molecule has 0 spiro atoms. The normalized spacial score (nSPS) is 10.6. The molecule has 0 radical (unpaired) electrons. The van der Waals surface area contributed by atoms with Crippen molar-refractivity contribution in [2.45, 2.75) is 13.3 Å². The summed E-state index contributed by atoms with van der Waals surface area (Å²) in [6, 6.07) is 11.6. The molecule has 2 rings (SSSR count). The molecule has 0 aromatic heterocycles. The van der Waals surface area contributed by atoms with Crippen molar-refractivity contribution in [3.63, 3.8) is 0 Å². The van der Waals surface area contributed by atoms with Crippen LogP contribution in [-0.4, -0.2) is 30.9 Å². The van der Waals surface area contributed by atoms with Gasteiger partial charge < -0.3 is 14.6 Å². The Morgan fingerprint density at radius 2 is 2.04 bits per heavy atom. The number of hydrogen-bond acceptors (Lipinski definition) is 5. The molecule has 24 heavy (non-hydrogen) atoms. The SMILES string of the molecule is CCCOc1cc(/C=N\NC(=O)c2ccccc2O)ccc1OC. The van der Waals surface area contributed by atoms with Crippen molar-refractivity contribution < 1.29 is 19.4 Å². The maximum atomic E-state index is 11.9. The number of benzene rings is 2.